The van der Waals surface area contributed by atoms with Gasteiger partial charge in [0, 0.05) is 0 Å². The number of hydrogen-bond donors (Lipinski definition) is 2. The summed E-state index contributed by atoms with van der Waals surface area (Å²) in [7, 11) is 0. The quantitative estimate of drug-likeness (QED) is 0.482. The van der Waals surface area contributed by atoms with Crippen LogP contribution in [0, 0.1) is 5.92 Å². The molecule has 0 aromatic carbocycles. The van der Waals surface area contributed by atoms with Crippen LogP contribution in [0.15, 0.2) is 0 Å². The van der Waals surface area contributed by atoms with Crippen LogP contribution in [0.2, 0.25) is 0 Å². The summed E-state index contributed by atoms with van der Waals surface area (Å²) < 4.78 is 24.7. The highest BCUT2D eigenvalue weighted by Gasteiger charge is 2.38. The minimum Gasteiger partial charge on any atom is -0.477 e. The molecule has 4 nitrogen and oxygen atoms in total. The highest BCUT2D eigenvalue weighted by atomic mass is 19.3. The molecule has 0 atom stereocenters. The summed E-state index contributed by atoms with van der Waals surface area (Å²) in [5.41, 5.74) is 1.95. The van der Waals surface area contributed by atoms with Crippen LogP contribution in [-0.2, 0) is 9.63 Å². The van der Waals surface area contributed by atoms with E-state index < -0.39 is 18.4 Å². The van der Waals surface area contributed by atoms with E-state index in [1.807, 2.05) is 5.48 Å². The molecule has 2 N–H and O–H groups in total. The molecule has 0 radical (unpaired) electrons. The number of carboxylic acid groups (broad SMARTS) is 1. The lowest BCUT2D eigenvalue weighted by molar-refractivity contribution is -0.167. The van der Waals surface area contributed by atoms with Crippen molar-refractivity contribution < 1.29 is 23.5 Å². The van der Waals surface area contributed by atoms with E-state index in [4.69, 9.17) is 5.11 Å². The van der Waals surface area contributed by atoms with Crippen molar-refractivity contribution in [3.8, 4) is 0 Å². The fraction of sp³-hybridized carbons (Fsp3) is 0.857. The van der Waals surface area contributed by atoms with E-state index in [-0.39, 0.29) is 0 Å². The van der Waals surface area contributed by atoms with Gasteiger partial charge in [-0.15, -0.1) is 0 Å². The number of aliphatic carboxylic acids is 1. The van der Waals surface area contributed by atoms with Crippen molar-refractivity contribution in [2.45, 2.75) is 18.8 Å². The molecule has 0 aromatic rings. The summed E-state index contributed by atoms with van der Waals surface area (Å²) in [4.78, 5) is 14.6. The van der Waals surface area contributed by atoms with Gasteiger partial charge in [0.25, 0.3) is 0 Å². The summed E-state index contributed by atoms with van der Waals surface area (Å²) in [6.45, 7) is -0.620. The molecule has 0 amide bonds. The van der Waals surface area contributed by atoms with E-state index in [0.717, 1.165) is 12.8 Å². The smallest absolute Gasteiger partial charge is 0.376 e. The predicted octanol–water partition coefficient (Wildman–Crippen LogP) is 0.637. The Kier molecular flexibility index (Phi) is 3.16. The van der Waals surface area contributed by atoms with E-state index in [0.29, 0.717) is 12.5 Å². The van der Waals surface area contributed by atoms with E-state index in [1.54, 1.807) is 0 Å². The molecule has 1 aliphatic rings. The predicted molar refractivity (Wildman–Crippen MR) is 39.3 cm³/mol. The van der Waals surface area contributed by atoms with E-state index >= 15 is 0 Å². The van der Waals surface area contributed by atoms with Crippen LogP contribution in [0.5, 0.6) is 0 Å². The molecular formula is C7H11F2NO3. The lowest BCUT2D eigenvalue weighted by atomic mass is 10.3. The number of halogens is 2. The normalized spacial score (nSPS) is 17.4. The van der Waals surface area contributed by atoms with Crippen molar-refractivity contribution in [1.29, 1.82) is 0 Å². The van der Waals surface area contributed by atoms with Crippen molar-refractivity contribution in [2.75, 3.05) is 13.2 Å². The van der Waals surface area contributed by atoms with Gasteiger partial charge in [-0.05, 0) is 18.8 Å². The van der Waals surface area contributed by atoms with Crippen molar-refractivity contribution in [1.82, 2.24) is 5.48 Å². The first kappa shape index (κ1) is 10.3. The highest BCUT2D eigenvalue weighted by molar-refractivity contribution is 5.75. The fourth-order valence-corrected chi connectivity index (χ4v) is 0.679. The molecule has 1 aliphatic carbocycles. The maximum atomic E-state index is 12.3. The molecule has 13 heavy (non-hydrogen) atoms. The summed E-state index contributed by atoms with van der Waals surface area (Å²) in [6, 6.07) is 0. The number of carbonyl (C=O) groups is 1. The Morgan fingerprint density at radius 2 is 2.23 bits per heavy atom. The van der Waals surface area contributed by atoms with E-state index in [9.17, 15) is 13.6 Å². The number of carboxylic acids is 1. The molecule has 0 saturated heterocycles. The van der Waals surface area contributed by atoms with Gasteiger partial charge in [0.15, 0.2) is 0 Å². The summed E-state index contributed by atoms with van der Waals surface area (Å²) in [5.74, 6) is -5.45. The van der Waals surface area contributed by atoms with Crippen LogP contribution in [0.4, 0.5) is 8.78 Å². The molecule has 0 aromatic heterocycles. The third kappa shape index (κ3) is 3.65. The maximum Gasteiger partial charge on any atom is 0.376 e. The third-order valence-corrected chi connectivity index (χ3v) is 1.73. The lowest BCUT2D eigenvalue weighted by Crippen LogP contribution is -2.39. The van der Waals surface area contributed by atoms with E-state index in [1.165, 1.54) is 0 Å². The zero-order chi connectivity index (χ0) is 9.90. The van der Waals surface area contributed by atoms with Crippen LogP contribution in [-0.4, -0.2) is 30.2 Å². The minimum absolute atomic E-state index is 0.371. The average molecular weight is 195 g/mol. The molecule has 0 heterocycles. The van der Waals surface area contributed by atoms with Crippen molar-refractivity contribution >= 4 is 5.97 Å². The molecule has 1 fully saturated rings. The Balaban J connectivity index is 2.05. The number of hydroxylamine groups is 1. The second kappa shape index (κ2) is 3.97. The largest absolute Gasteiger partial charge is 0.477 e. The molecule has 76 valence electrons. The van der Waals surface area contributed by atoms with E-state index in [2.05, 4.69) is 4.84 Å². The number of rotatable bonds is 6. The number of nitrogens with one attached hydrogen (secondary N) is 1. The minimum atomic E-state index is -3.76. The zero-order valence-electron chi connectivity index (χ0n) is 6.93. The summed E-state index contributed by atoms with van der Waals surface area (Å²) in [6.07, 6.45) is 2.11. The molecule has 0 unspecified atom stereocenters. The first-order chi connectivity index (χ1) is 6.02. The Bertz CT molecular complexity index is 194. The van der Waals surface area contributed by atoms with Crippen LogP contribution in [0.25, 0.3) is 0 Å². The molecule has 0 spiro atoms. The van der Waals surface area contributed by atoms with Gasteiger partial charge in [-0.3, -0.25) is 0 Å². The topological polar surface area (TPSA) is 58.6 Å². The van der Waals surface area contributed by atoms with Crippen molar-refractivity contribution in [3.63, 3.8) is 0 Å². The number of alkyl halides is 2. The van der Waals surface area contributed by atoms with Gasteiger partial charge in [-0.25, -0.2) is 4.79 Å². The second-order valence-corrected chi connectivity index (χ2v) is 3.09. The number of hydrogen-bond acceptors (Lipinski definition) is 3. The molecule has 0 aliphatic heterocycles. The summed E-state index contributed by atoms with van der Waals surface area (Å²) in [5, 5.41) is 8.02. The first-order valence-corrected chi connectivity index (χ1v) is 3.98. The molecule has 1 saturated carbocycles. The van der Waals surface area contributed by atoms with Gasteiger partial charge < -0.3 is 9.94 Å². The SMILES string of the molecule is O=C(O)C(F)(F)CNOCC1CC1. The molecular weight excluding hydrogens is 184 g/mol. The highest BCUT2D eigenvalue weighted by Crippen LogP contribution is 2.28. The molecule has 1 rings (SSSR count). The Morgan fingerprint density at radius 3 is 2.69 bits per heavy atom. The van der Waals surface area contributed by atoms with Crippen molar-refractivity contribution in [2.24, 2.45) is 5.92 Å². The monoisotopic (exact) mass is 195 g/mol. The first-order valence-electron chi connectivity index (χ1n) is 3.98. The maximum absolute atomic E-state index is 12.3. The van der Waals surface area contributed by atoms with Crippen LogP contribution >= 0.6 is 0 Å². The third-order valence-electron chi connectivity index (χ3n) is 1.73. The average Bonchev–Trinajstić information content (AvgIpc) is 2.81. The van der Waals surface area contributed by atoms with Gasteiger partial charge in [-0.2, -0.15) is 14.3 Å². The van der Waals surface area contributed by atoms with Crippen molar-refractivity contribution in [3.05, 3.63) is 0 Å². The second-order valence-electron chi connectivity index (χ2n) is 3.09. The Morgan fingerprint density at radius 1 is 1.62 bits per heavy atom. The van der Waals surface area contributed by atoms with Gasteiger partial charge in [0.1, 0.15) is 0 Å². The van der Waals surface area contributed by atoms with Gasteiger partial charge in [-0.1, -0.05) is 0 Å². The van der Waals surface area contributed by atoms with Crippen LogP contribution in [0.1, 0.15) is 12.8 Å². The fourth-order valence-electron chi connectivity index (χ4n) is 0.679. The lowest BCUT2D eigenvalue weighted by Gasteiger charge is -2.11. The zero-order valence-corrected chi connectivity index (χ0v) is 6.93. The molecule has 6 heteroatoms. The standard InChI is InChI=1S/C7H11F2NO3/c8-7(9,6(11)12)4-10-13-3-5-1-2-5/h5,10H,1-4H2,(H,11,12). The van der Waals surface area contributed by atoms with Gasteiger partial charge in [0.2, 0.25) is 0 Å². The van der Waals surface area contributed by atoms with Crippen LogP contribution in [0.3, 0.4) is 0 Å². The Hall–Kier alpha value is -0.750. The molecule has 0 bridgehead atoms. The van der Waals surface area contributed by atoms with Gasteiger partial charge >= 0.3 is 11.9 Å². The Labute approximate surface area is 73.8 Å². The van der Waals surface area contributed by atoms with Crippen LogP contribution < -0.4 is 5.48 Å². The van der Waals surface area contributed by atoms with Gasteiger partial charge in [0.05, 0.1) is 13.2 Å². The summed E-state index contributed by atoms with van der Waals surface area (Å²) >= 11 is 0.